The van der Waals surface area contributed by atoms with Gasteiger partial charge in [0.1, 0.15) is 5.75 Å². The lowest BCUT2D eigenvalue weighted by Crippen LogP contribution is -2.18. The first-order valence-electron chi connectivity index (χ1n) is 8.50. The fourth-order valence-corrected chi connectivity index (χ4v) is 2.51. The van der Waals surface area contributed by atoms with Gasteiger partial charge in [-0.05, 0) is 54.3 Å². The van der Waals surface area contributed by atoms with Crippen LogP contribution in [0.4, 0.5) is 0 Å². The predicted molar refractivity (Wildman–Crippen MR) is 96.6 cm³/mol. The molecule has 2 rings (SSSR count). The summed E-state index contributed by atoms with van der Waals surface area (Å²) < 4.78 is 5.77. The molecule has 0 heterocycles. The molecule has 1 amide bonds. The van der Waals surface area contributed by atoms with E-state index in [9.17, 15) is 4.79 Å². The Morgan fingerprint density at radius 1 is 1.08 bits per heavy atom. The molecule has 128 valence electrons. The molecule has 0 aliphatic carbocycles. The average Bonchev–Trinajstić information content (AvgIpc) is 2.62. The zero-order chi connectivity index (χ0) is 17.2. The second-order valence-electron chi connectivity index (χ2n) is 5.77. The van der Waals surface area contributed by atoms with Crippen molar-refractivity contribution in [1.82, 2.24) is 5.48 Å². The molecule has 2 N–H and O–H groups in total. The highest BCUT2D eigenvalue weighted by Crippen LogP contribution is 2.22. The third-order valence-corrected chi connectivity index (χ3v) is 3.87. The van der Waals surface area contributed by atoms with Gasteiger partial charge in [0.2, 0.25) is 0 Å². The third kappa shape index (κ3) is 5.39. The molecule has 0 aliphatic rings. The SMILES string of the molecule is CCCCC/C=C\CCOc1ccc2cc(C(=O)NO)ccc2c1. The normalized spacial score (nSPS) is 11.1. The van der Waals surface area contributed by atoms with Crippen LogP contribution in [0, 0.1) is 0 Å². The number of nitrogens with one attached hydrogen (secondary N) is 1. The van der Waals surface area contributed by atoms with E-state index in [1.165, 1.54) is 19.3 Å². The molecule has 2 aromatic rings. The Labute approximate surface area is 143 Å². The van der Waals surface area contributed by atoms with Crippen LogP contribution in [0.2, 0.25) is 0 Å². The summed E-state index contributed by atoms with van der Waals surface area (Å²) in [7, 11) is 0. The van der Waals surface area contributed by atoms with Crippen LogP contribution in [0.25, 0.3) is 10.8 Å². The molecule has 4 heteroatoms. The lowest BCUT2D eigenvalue weighted by atomic mass is 10.1. The minimum absolute atomic E-state index is 0.423. The van der Waals surface area contributed by atoms with Crippen LogP contribution < -0.4 is 10.2 Å². The standard InChI is InChI=1S/C20H25NO3/c1-2-3-4-5-6-7-8-13-24-19-12-11-16-14-18(20(22)21-23)10-9-17(16)15-19/h6-7,9-12,14-15,23H,2-5,8,13H2,1H3,(H,21,22)/b7-6-. The molecule has 0 spiro atoms. The van der Waals surface area contributed by atoms with Gasteiger partial charge in [-0.25, -0.2) is 5.48 Å². The predicted octanol–water partition coefficient (Wildman–Crippen LogP) is 4.86. The molecule has 0 saturated carbocycles. The van der Waals surface area contributed by atoms with Gasteiger partial charge >= 0.3 is 0 Å². The Balaban J connectivity index is 1.86. The monoisotopic (exact) mass is 327 g/mol. The number of carbonyl (C=O) groups is 1. The fraction of sp³-hybridized carbons (Fsp3) is 0.350. The Kier molecular flexibility index (Phi) is 7.30. The van der Waals surface area contributed by atoms with Crippen LogP contribution in [-0.4, -0.2) is 17.7 Å². The molecule has 0 atom stereocenters. The molecule has 0 unspecified atom stereocenters. The van der Waals surface area contributed by atoms with Crippen molar-refractivity contribution in [3.05, 3.63) is 54.1 Å². The van der Waals surface area contributed by atoms with Crippen molar-refractivity contribution < 1.29 is 14.7 Å². The van der Waals surface area contributed by atoms with Gasteiger partial charge in [-0.2, -0.15) is 0 Å². The summed E-state index contributed by atoms with van der Waals surface area (Å²) in [6.07, 6.45) is 10.3. The number of carbonyl (C=O) groups excluding carboxylic acids is 1. The maximum atomic E-state index is 11.4. The van der Waals surface area contributed by atoms with Crippen LogP contribution in [0.15, 0.2) is 48.6 Å². The molecular formula is C20H25NO3. The fourth-order valence-electron chi connectivity index (χ4n) is 2.51. The van der Waals surface area contributed by atoms with Gasteiger partial charge in [-0.1, -0.05) is 44.1 Å². The molecule has 0 bridgehead atoms. The van der Waals surface area contributed by atoms with E-state index in [4.69, 9.17) is 9.94 Å². The van der Waals surface area contributed by atoms with E-state index in [-0.39, 0.29) is 0 Å². The number of fused-ring (bicyclic) bond motifs is 1. The second-order valence-corrected chi connectivity index (χ2v) is 5.77. The number of allylic oxidation sites excluding steroid dienone is 1. The van der Waals surface area contributed by atoms with Crippen LogP contribution in [0.1, 0.15) is 49.4 Å². The van der Waals surface area contributed by atoms with Crippen LogP contribution >= 0.6 is 0 Å². The molecule has 0 aliphatic heterocycles. The molecule has 2 aromatic carbocycles. The largest absolute Gasteiger partial charge is 0.493 e. The van der Waals surface area contributed by atoms with E-state index < -0.39 is 5.91 Å². The van der Waals surface area contributed by atoms with Crippen LogP contribution in [0.3, 0.4) is 0 Å². The zero-order valence-corrected chi connectivity index (χ0v) is 14.1. The molecular weight excluding hydrogens is 302 g/mol. The van der Waals surface area contributed by atoms with Gasteiger partial charge in [0, 0.05) is 5.56 Å². The van der Waals surface area contributed by atoms with Crippen molar-refractivity contribution >= 4 is 16.7 Å². The molecule has 24 heavy (non-hydrogen) atoms. The Bertz CT molecular complexity index is 694. The summed E-state index contributed by atoms with van der Waals surface area (Å²) in [5.74, 6) is 0.309. The van der Waals surface area contributed by atoms with Crippen molar-refractivity contribution in [3.63, 3.8) is 0 Å². The molecule has 0 fully saturated rings. The van der Waals surface area contributed by atoms with E-state index in [2.05, 4.69) is 19.1 Å². The van der Waals surface area contributed by atoms with Gasteiger partial charge in [0.15, 0.2) is 0 Å². The van der Waals surface area contributed by atoms with Crippen molar-refractivity contribution in [2.24, 2.45) is 0 Å². The number of unbranched alkanes of at least 4 members (excludes halogenated alkanes) is 3. The highest BCUT2D eigenvalue weighted by atomic mass is 16.5. The summed E-state index contributed by atoms with van der Waals surface area (Å²) in [5.41, 5.74) is 2.07. The number of benzene rings is 2. The van der Waals surface area contributed by atoms with Gasteiger partial charge in [-0.15, -0.1) is 0 Å². The second kappa shape index (κ2) is 9.73. The quantitative estimate of drug-likeness (QED) is 0.299. The van der Waals surface area contributed by atoms with Gasteiger partial charge in [-0.3, -0.25) is 10.0 Å². The molecule has 0 radical (unpaired) electrons. The van der Waals surface area contributed by atoms with Crippen molar-refractivity contribution in [3.8, 4) is 5.75 Å². The first-order valence-corrected chi connectivity index (χ1v) is 8.50. The molecule has 4 nitrogen and oxygen atoms in total. The zero-order valence-electron chi connectivity index (χ0n) is 14.1. The summed E-state index contributed by atoms with van der Waals surface area (Å²) in [4.78, 5) is 11.4. The summed E-state index contributed by atoms with van der Waals surface area (Å²) >= 11 is 0. The van der Waals surface area contributed by atoms with E-state index in [1.807, 2.05) is 24.3 Å². The Hall–Kier alpha value is -2.33. The van der Waals surface area contributed by atoms with Gasteiger partial charge in [0.25, 0.3) is 5.91 Å². The number of amides is 1. The van der Waals surface area contributed by atoms with E-state index in [0.717, 1.165) is 29.4 Å². The van der Waals surface area contributed by atoms with Crippen LogP contribution in [-0.2, 0) is 0 Å². The number of hydrogen-bond acceptors (Lipinski definition) is 3. The minimum Gasteiger partial charge on any atom is -0.493 e. The average molecular weight is 327 g/mol. The maximum absolute atomic E-state index is 11.4. The van der Waals surface area contributed by atoms with E-state index in [1.54, 1.807) is 17.6 Å². The Morgan fingerprint density at radius 2 is 1.83 bits per heavy atom. The first kappa shape index (κ1) is 18.0. The van der Waals surface area contributed by atoms with Crippen molar-refractivity contribution in [2.45, 2.75) is 39.0 Å². The number of rotatable bonds is 9. The van der Waals surface area contributed by atoms with Crippen molar-refractivity contribution in [2.75, 3.05) is 6.61 Å². The van der Waals surface area contributed by atoms with Gasteiger partial charge in [0.05, 0.1) is 6.61 Å². The molecule has 0 saturated heterocycles. The highest BCUT2D eigenvalue weighted by Gasteiger charge is 2.05. The molecule has 0 aromatic heterocycles. The lowest BCUT2D eigenvalue weighted by Gasteiger charge is -2.07. The Morgan fingerprint density at radius 3 is 2.62 bits per heavy atom. The highest BCUT2D eigenvalue weighted by molar-refractivity contribution is 5.98. The smallest absolute Gasteiger partial charge is 0.274 e. The lowest BCUT2D eigenvalue weighted by molar-refractivity contribution is 0.0706. The van der Waals surface area contributed by atoms with Gasteiger partial charge < -0.3 is 4.74 Å². The summed E-state index contributed by atoms with van der Waals surface area (Å²) in [6, 6.07) is 11.0. The minimum atomic E-state index is -0.511. The first-order chi connectivity index (χ1) is 11.7. The number of ether oxygens (including phenoxy) is 1. The topological polar surface area (TPSA) is 58.6 Å². The summed E-state index contributed by atoms with van der Waals surface area (Å²) in [5, 5.41) is 10.6. The maximum Gasteiger partial charge on any atom is 0.274 e. The number of hydroxylamine groups is 1. The summed E-state index contributed by atoms with van der Waals surface area (Å²) in [6.45, 7) is 2.87. The third-order valence-electron chi connectivity index (χ3n) is 3.87. The van der Waals surface area contributed by atoms with Crippen molar-refractivity contribution in [1.29, 1.82) is 0 Å². The van der Waals surface area contributed by atoms with E-state index >= 15 is 0 Å². The number of hydrogen-bond donors (Lipinski definition) is 2. The van der Waals surface area contributed by atoms with E-state index in [0.29, 0.717) is 12.2 Å². The van der Waals surface area contributed by atoms with Crippen LogP contribution in [0.5, 0.6) is 5.75 Å².